The van der Waals surface area contributed by atoms with Gasteiger partial charge in [0.2, 0.25) is 0 Å². The highest BCUT2D eigenvalue weighted by molar-refractivity contribution is 5.55. The first-order valence-corrected chi connectivity index (χ1v) is 7.33. The topological polar surface area (TPSA) is 29.3 Å². The Morgan fingerprint density at radius 3 is 2.32 bits per heavy atom. The van der Waals surface area contributed by atoms with Crippen molar-refractivity contribution in [2.24, 2.45) is 11.7 Å². The molecule has 1 rings (SSSR count). The average molecular weight is 266 g/mol. The van der Waals surface area contributed by atoms with Gasteiger partial charge in [0.15, 0.2) is 0 Å². The molecule has 0 saturated carbocycles. The highest BCUT2D eigenvalue weighted by Crippen LogP contribution is 2.27. The SMILES string of the molecule is CCC(CC)CN(CC)c1ccc(F)cc1C(C)N. The predicted octanol–water partition coefficient (Wildman–Crippen LogP) is 4.11. The Labute approximate surface area is 116 Å². The van der Waals surface area contributed by atoms with Gasteiger partial charge < -0.3 is 10.6 Å². The van der Waals surface area contributed by atoms with Crippen molar-refractivity contribution >= 4 is 5.69 Å². The van der Waals surface area contributed by atoms with Gasteiger partial charge in [-0.05, 0) is 43.5 Å². The van der Waals surface area contributed by atoms with Gasteiger partial charge in [0, 0.05) is 24.8 Å². The number of anilines is 1. The molecule has 0 radical (unpaired) electrons. The van der Waals surface area contributed by atoms with Crippen molar-refractivity contribution in [1.29, 1.82) is 0 Å². The van der Waals surface area contributed by atoms with E-state index in [1.165, 1.54) is 18.9 Å². The lowest BCUT2D eigenvalue weighted by molar-refractivity contribution is 0.485. The van der Waals surface area contributed by atoms with Gasteiger partial charge in [0.1, 0.15) is 5.82 Å². The van der Waals surface area contributed by atoms with Crippen LogP contribution in [0.5, 0.6) is 0 Å². The number of nitrogens with two attached hydrogens (primary N) is 1. The Kier molecular flexibility index (Phi) is 6.29. The molecule has 0 heterocycles. The van der Waals surface area contributed by atoms with Crippen molar-refractivity contribution in [3.05, 3.63) is 29.6 Å². The molecule has 1 aromatic carbocycles. The summed E-state index contributed by atoms with van der Waals surface area (Å²) in [6.45, 7) is 10.4. The van der Waals surface area contributed by atoms with Crippen molar-refractivity contribution in [1.82, 2.24) is 0 Å². The molecule has 19 heavy (non-hydrogen) atoms. The van der Waals surface area contributed by atoms with E-state index in [1.807, 2.05) is 13.0 Å². The molecule has 0 bridgehead atoms. The first kappa shape index (κ1) is 16.0. The summed E-state index contributed by atoms with van der Waals surface area (Å²) in [6.07, 6.45) is 2.34. The lowest BCUT2D eigenvalue weighted by Crippen LogP contribution is -2.30. The fraction of sp³-hybridized carbons (Fsp3) is 0.625. The molecule has 108 valence electrons. The largest absolute Gasteiger partial charge is 0.371 e. The Balaban J connectivity index is 3.03. The third kappa shape index (κ3) is 4.20. The van der Waals surface area contributed by atoms with E-state index in [-0.39, 0.29) is 11.9 Å². The number of hydrogen-bond acceptors (Lipinski definition) is 2. The van der Waals surface area contributed by atoms with Crippen LogP contribution < -0.4 is 10.6 Å². The maximum Gasteiger partial charge on any atom is 0.123 e. The van der Waals surface area contributed by atoms with Crippen molar-refractivity contribution < 1.29 is 4.39 Å². The van der Waals surface area contributed by atoms with Crippen LogP contribution in [0.4, 0.5) is 10.1 Å². The molecular weight excluding hydrogens is 239 g/mol. The Morgan fingerprint density at radius 1 is 1.21 bits per heavy atom. The first-order chi connectivity index (χ1) is 9.03. The van der Waals surface area contributed by atoms with Crippen LogP contribution in [-0.4, -0.2) is 13.1 Å². The van der Waals surface area contributed by atoms with Crippen molar-refractivity contribution in [2.75, 3.05) is 18.0 Å². The van der Waals surface area contributed by atoms with Gasteiger partial charge >= 0.3 is 0 Å². The molecule has 1 atom stereocenters. The summed E-state index contributed by atoms with van der Waals surface area (Å²) in [6, 6.07) is 4.80. The molecule has 0 aromatic heterocycles. The van der Waals surface area contributed by atoms with E-state index in [0.29, 0.717) is 5.92 Å². The number of benzene rings is 1. The third-order valence-corrected chi connectivity index (χ3v) is 3.84. The van der Waals surface area contributed by atoms with E-state index in [4.69, 9.17) is 5.73 Å². The predicted molar refractivity (Wildman–Crippen MR) is 81.0 cm³/mol. The molecular formula is C16H27FN2. The Bertz CT molecular complexity index is 386. The molecule has 0 amide bonds. The van der Waals surface area contributed by atoms with Crippen LogP contribution in [0, 0.1) is 11.7 Å². The van der Waals surface area contributed by atoms with E-state index < -0.39 is 0 Å². The first-order valence-electron chi connectivity index (χ1n) is 7.33. The van der Waals surface area contributed by atoms with E-state index in [9.17, 15) is 4.39 Å². The molecule has 0 saturated heterocycles. The quantitative estimate of drug-likeness (QED) is 0.804. The fourth-order valence-electron chi connectivity index (χ4n) is 2.43. The molecule has 3 heteroatoms. The summed E-state index contributed by atoms with van der Waals surface area (Å²) in [5, 5.41) is 0. The molecule has 2 nitrogen and oxygen atoms in total. The smallest absolute Gasteiger partial charge is 0.123 e. The molecule has 0 spiro atoms. The second-order valence-corrected chi connectivity index (χ2v) is 5.21. The van der Waals surface area contributed by atoms with E-state index in [0.717, 1.165) is 24.3 Å². The zero-order valence-corrected chi connectivity index (χ0v) is 12.6. The van der Waals surface area contributed by atoms with Crippen LogP contribution in [0.25, 0.3) is 0 Å². The summed E-state index contributed by atoms with van der Waals surface area (Å²) in [5.74, 6) is 0.459. The highest BCUT2D eigenvalue weighted by Gasteiger charge is 2.16. The average Bonchev–Trinajstić information content (AvgIpc) is 2.40. The standard InChI is InChI=1S/C16H27FN2/c1-5-13(6-2)11-19(7-3)16-9-8-14(17)10-15(16)12(4)18/h8-10,12-13H,5-7,11,18H2,1-4H3. The zero-order valence-electron chi connectivity index (χ0n) is 12.6. The second kappa shape index (κ2) is 7.49. The van der Waals surface area contributed by atoms with Gasteiger partial charge in [-0.25, -0.2) is 4.39 Å². The van der Waals surface area contributed by atoms with E-state index >= 15 is 0 Å². The number of rotatable bonds is 7. The second-order valence-electron chi connectivity index (χ2n) is 5.21. The summed E-state index contributed by atoms with van der Waals surface area (Å²) in [7, 11) is 0. The molecule has 0 aliphatic rings. The number of nitrogens with zero attached hydrogens (tertiary/aromatic N) is 1. The minimum absolute atomic E-state index is 0.151. The van der Waals surface area contributed by atoms with Crippen molar-refractivity contribution in [3.63, 3.8) is 0 Å². The van der Waals surface area contributed by atoms with Gasteiger partial charge in [-0.1, -0.05) is 26.7 Å². The van der Waals surface area contributed by atoms with Crippen LogP contribution in [-0.2, 0) is 0 Å². The monoisotopic (exact) mass is 266 g/mol. The fourth-order valence-corrected chi connectivity index (χ4v) is 2.43. The normalized spacial score (nSPS) is 12.8. The van der Waals surface area contributed by atoms with Crippen molar-refractivity contribution in [2.45, 2.75) is 46.6 Å². The Morgan fingerprint density at radius 2 is 1.84 bits per heavy atom. The summed E-state index contributed by atoms with van der Waals surface area (Å²) in [4.78, 5) is 2.32. The summed E-state index contributed by atoms with van der Waals surface area (Å²) >= 11 is 0. The van der Waals surface area contributed by atoms with Crippen LogP contribution in [0.15, 0.2) is 18.2 Å². The number of hydrogen-bond donors (Lipinski definition) is 1. The highest BCUT2D eigenvalue weighted by atomic mass is 19.1. The lowest BCUT2D eigenvalue weighted by Gasteiger charge is -2.30. The summed E-state index contributed by atoms with van der Waals surface area (Å²) in [5.41, 5.74) is 7.95. The van der Waals surface area contributed by atoms with Gasteiger partial charge in [0.25, 0.3) is 0 Å². The zero-order chi connectivity index (χ0) is 14.4. The van der Waals surface area contributed by atoms with E-state index in [2.05, 4.69) is 25.7 Å². The maximum atomic E-state index is 13.4. The van der Waals surface area contributed by atoms with Crippen LogP contribution >= 0.6 is 0 Å². The molecule has 1 unspecified atom stereocenters. The Hall–Kier alpha value is -1.09. The van der Waals surface area contributed by atoms with Gasteiger partial charge in [0.05, 0.1) is 0 Å². The van der Waals surface area contributed by atoms with Gasteiger partial charge in [-0.15, -0.1) is 0 Å². The van der Waals surface area contributed by atoms with Gasteiger partial charge in [-0.2, -0.15) is 0 Å². The number of halogens is 1. The van der Waals surface area contributed by atoms with Crippen LogP contribution in [0.1, 0.15) is 52.1 Å². The minimum Gasteiger partial charge on any atom is -0.371 e. The molecule has 0 fully saturated rings. The van der Waals surface area contributed by atoms with E-state index in [1.54, 1.807) is 6.07 Å². The molecule has 1 aromatic rings. The molecule has 0 aliphatic carbocycles. The third-order valence-electron chi connectivity index (χ3n) is 3.84. The van der Waals surface area contributed by atoms with Crippen LogP contribution in [0.2, 0.25) is 0 Å². The minimum atomic E-state index is -0.213. The maximum absolute atomic E-state index is 13.4. The van der Waals surface area contributed by atoms with Crippen molar-refractivity contribution in [3.8, 4) is 0 Å². The molecule has 0 aliphatic heterocycles. The van der Waals surface area contributed by atoms with Gasteiger partial charge in [-0.3, -0.25) is 0 Å². The molecule has 2 N–H and O–H groups in total. The van der Waals surface area contributed by atoms with Crippen LogP contribution in [0.3, 0.4) is 0 Å². The summed E-state index contributed by atoms with van der Waals surface area (Å²) < 4.78 is 13.4. The lowest BCUT2D eigenvalue weighted by atomic mass is 10.0.